The maximum absolute atomic E-state index is 10.1. The highest BCUT2D eigenvalue weighted by Crippen LogP contribution is 2.42. The van der Waals surface area contributed by atoms with E-state index in [0.29, 0.717) is 0 Å². The lowest BCUT2D eigenvalue weighted by Gasteiger charge is -2.37. The van der Waals surface area contributed by atoms with E-state index in [1.54, 1.807) is 11.8 Å². The van der Waals surface area contributed by atoms with Crippen LogP contribution in [0.3, 0.4) is 0 Å². The first-order valence-corrected chi connectivity index (χ1v) is 6.32. The molecule has 0 amide bonds. The van der Waals surface area contributed by atoms with Crippen LogP contribution in [-0.4, -0.2) is 11.4 Å². The summed E-state index contributed by atoms with van der Waals surface area (Å²) in [5, 5.41) is 10.8. The quantitative estimate of drug-likeness (QED) is 0.783. The van der Waals surface area contributed by atoms with Gasteiger partial charge in [-0.3, -0.25) is 0 Å². The second kappa shape index (κ2) is 3.76. The molecule has 2 rings (SSSR count). The summed E-state index contributed by atoms with van der Waals surface area (Å²) in [7, 11) is 0. The van der Waals surface area contributed by atoms with Crippen molar-refractivity contribution in [3.8, 4) is 0 Å². The lowest BCUT2D eigenvalue weighted by atomic mass is 9.75. The summed E-state index contributed by atoms with van der Waals surface area (Å²) in [6, 6.07) is 5.86. The van der Waals surface area contributed by atoms with Crippen molar-refractivity contribution in [2.24, 2.45) is 0 Å². The minimum absolute atomic E-state index is 0.597. The number of thioether (sulfide) groups is 1. The SMILES string of the molecule is CSc1ccc(C2(O)CCC2)cc1Cl. The highest BCUT2D eigenvalue weighted by atomic mass is 35.5. The lowest BCUT2D eigenvalue weighted by Crippen LogP contribution is -2.33. The van der Waals surface area contributed by atoms with E-state index in [4.69, 9.17) is 11.6 Å². The maximum Gasteiger partial charge on any atom is 0.0897 e. The fourth-order valence-corrected chi connectivity index (χ4v) is 2.63. The Hall–Kier alpha value is -0.180. The maximum atomic E-state index is 10.1. The van der Waals surface area contributed by atoms with Crippen LogP contribution in [0.15, 0.2) is 23.1 Å². The van der Waals surface area contributed by atoms with Crippen molar-refractivity contribution in [3.63, 3.8) is 0 Å². The molecule has 0 aromatic heterocycles. The molecule has 0 atom stereocenters. The molecule has 76 valence electrons. The first-order valence-electron chi connectivity index (χ1n) is 4.72. The molecule has 1 fully saturated rings. The Morgan fingerprint density at radius 3 is 2.57 bits per heavy atom. The van der Waals surface area contributed by atoms with E-state index in [-0.39, 0.29) is 0 Å². The van der Waals surface area contributed by atoms with Crippen LogP contribution in [0.4, 0.5) is 0 Å². The smallest absolute Gasteiger partial charge is 0.0897 e. The fraction of sp³-hybridized carbons (Fsp3) is 0.455. The van der Waals surface area contributed by atoms with Gasteiger partial charge in [0.05, 0.1) is 10.6 Å². The third-order valence-corrected chi connectivity index (χ3v) is 4.09. The van der Waals surface area contributed by atoms with Gasteiger partial charge in [0.1, 0.15) is 0 Å². The van der Waals surface area contributed by atoms with Crippen molar-refractivity contribution < 1.29 is 5.11 Å². The predicted octanol–water partition coefficient (Wildman–Crippen LogP) is 3.43. The molecule has 3 heteroatoms. The number of benzene rings is 1. The summed E-state index contributed by atoms with van der Waals surface area (Å²) in [5.41, 5.74) is 0.368. The molecule has 1 aromatic rings. The van der Waals surface area contributed by atoms with E-state index in [1.165, 1.54) is 0 Å². The third-order valence-electron chi connectivity index (χ3n) is 2.87. The van der Waals surface area contributed by atoms with Gasteiger partial charge in [0.25, 0.3) is 0 Å². The molecule has 0 spiro atoms. The number of rotatable bonds is 2. The summed E-state index contributed by atoms with van der Waals surface area (Å²) in [4.78, 5) is 1.07. The highest BCUT2D eigenvalue weighted by Gasteiger charge is 2.36. The van der Waals surface area contributed by atoms with Crippen molar-refractivity contribution in [1.29, 1.82) is 0 Å². The van der Waals surface area contributed by atoms with Gasteiger partial charge in [0, 0.05) is 4.90 Å². The molecular formula is C11H13ClOS. The predicted molar refractivity (Wildman–Crippen MR) is 61.0 cm³/mol. The van der Waals surface area contributed by atoms with Crippen LogP contribution in [0, 0.1) is 0 Å². The van der Waals surface area contributed by atoms with Gasteiger partial charge in [-0.1, -0.05) is 17.7 Å². The van der Waals surface area contributed by atoms with Crippen molar-refractivity contribution >= 4 is 23.4 Å². The molecular weight excluding hydrogens is 216 g/mol. The molecule has 0 aliphatic heterocycles. The topological polar surface area (TPSA) is 20.2 Å². The van der Waals surface area contributed by atoms with Crippen LogP contribution >= 0.6 is 23.4 Å². The minimum atomic E-state index is -0.597. The van der Waals surface area contributed by atoms with Crippen molar-refractivity contribution in [3.05, 3.63) is 28.8 Å². The van der Waals surface area contributed by atoms with E-state index < -0.39 is 5.60 Å². The molecule has 1 saturated carbocycles. The second-order valence-corrected chi connectivity index (χ2v) is 4.99. The zero-order valence-corrected chi connectivity index (χ0v) is 9.66. The standard InChI is InChI=1S/C11H13ClOS/c1-14-10-4-3-8(7-9(10)12)11(13)5-2-6-11/h3-4,7,13H,2,5-6H2,1H3. The minimum Gasteiger partial charge on any atom is -0.385 e. The molecule has 1 N–H and O–H groups in total. The fourth-order valence-electron chi connectivity index (χ4n) is 1.76. The van der Waals surface area contributed by atoms with Crippen LogP contribution in [0.1, 0.15) is 24.8 Å². The van der Waals surface area contributed by atoms with Gasteiger partial charge < -0.3 is 5.11 Å². The Morgan fingerprint density at radius 2 is 2.14 bits per heavy atom. The summed E-state index contributed by atoms with van der Waals surface area (Å²) in [6.45, 7) is 0. The summed E-state index contributed by atoms with van der Waals surface area (Å²) in [5.74, 6) is 0. The van der Waals surface area contributed by atoms with E-state index in [2.05, 4.69) is 0 Å². The first kappa shape index (κ1) is 10.3. The van der Waals surface area contributed by atoms with Gasteiger partial charge in [-0.15, -0.1) is 11.8 Å². The lowest BCUT2D eigenvalue weighted by molar-refractivity contribution is -0.0388. The van der Waals surface area contributed by atoms with Gasteiger partial charge >= 0.3 is 0 Å². The van der Waals surface area contributed by atoms with E-state index in [9.17, 15) is 5.11 Å². The van der Waals surface area contributed by atoms with Gasteiger partial charge in [0.15, 0.2) is 0 Å². The molecule has 0 radical (unpaired) electrons. The Labute approximate surface area is 93.5 Å². The van der Waals surface area contributed by atoms with Crippen LogP contribution in [0.25, 0.3) is 0 Å². The molecule has 0 heterocycles. The Bertz CT molecular complexity index is 347. The van der Waals surface area contributed by atoms with Gasteiger partial charge in [-0.2, -0.15) is 0 Å². The Morgan fingerprint density at radius 1 is 1.43 bits per heavy atom. The van der Waals surface area contributed by atoms with E-state index in [1.807, 2.05) is 24.5 Å². The third kappa shape index (κ3) is 1.67. The molecule has 1 aliphatic carbocycles. The molecule has 14 heavy (non-hydrogen) atoms. The molecule has 1 aromatic carbocycles. The van der Waals surface area contributed by atoms with Crippen molar-refractivity contribution in [2.75, 3.05) is 6.26 Å². The van der Waals surface area contributed by atoms with E-state index >= 15 is 0 Å². The van der Waals surface area contributed by atoms with Crippen LogP contribution in [-0.2, 0) is 5.60 Å². The largest absolute Gasteiger partial charge is 0.385 e. The molecule has 0 unspecified atom stereocenters. The second-order valence-electron chi connectivity index (χ2n) is 3.73. The summed E-state index contributed by atoms with van der Waals surface area (Å²) < 4.78 is 0. The highest BCUT2D eigenvalue weighted by molar-refractivity contribution is 7.98. The van der Waals surface area contributed by atoms with Crippen LogP contribution < -0.4 is 0 Å². The normalized spacial score (nSPS) is 19.1. The van der Waals surface area contributed by atoms with Gasteiger partial charge in [-0.05, 0) is 43.2 Å². The number of halogens is 1. The molecule has 0 bridgehead atoms. The van der Waals surface area contributed by atoms with E-state index in [0.717, 1.165) is 34.7 Å². The van der Waals surface area contributed by atoms with Crippen LogP contribution in [0.2, 0.25) is 5.02 Å². The molecule has 1 nitrogen and oxygen atoms in total. The zero-order chi connectivity index (χ0) is 10.2. The number of aliphatic hydroxyl groups is 1. The zero-order valence-electron chi connectivity index (χ0n) is 8.09. The van der Waals surface area contributed by atoms with Gasteiger partial charge in [-0.25, -0.2) is 0 Å². The first-order chi connectivity index (χ1) is 6.65. The number of hydrogen-bond acceptors (Lipinski definition) is 2. The number of hydrogen-bond donors (Lipinski definition) is 1. The Balaban J connectivity index is 2.32. The monoisotopic (exact) mass is 228 g/mol. The van der Waals surface area contributed by atoms with Crippen molar-refractivity contribution in [1.82, 2.24) is 0 Å². The molecule has 0 saturated heterocycles. The average molecular weight is 229 g/mol. The van der Waals surface area contributed by atoms with Crippen molar-refractivity contribution in [2.45, 2.75) is 29.8 Å². The Kier molecular flexibility index (Phi) is 2.78. The van der Waals surface area contributed by atoms with Gasteiger partial charge in [0.2, 0.25) is 0 Å². The average Bonchev–Trinajstić information content (AvgIpc) is 2.14. The summed E-state index contributed by atoms with van der Waals surface area (Å²) >= 11 is 7.71. The van der Waals surface area contributed by atoms with Crippen LogP contribution in [0.5, 0.6) is 0 Å². The summed E-state index contributed by atoms with van der Waals surface area (Å²) in [6.07, 6.45) is 4.83. The molecule has 1 aliphatic rings.